The van der Waals surface area contributed by atoms with E-state index in [1.807, 2.05) is 6.92 Å². The molecule has 0 radical (unpaired) electrons. The molecule has 0 atom stereocenters. The molecule has 86 valence electrons. The van der Waals surface area contributed by atoms with Crippen LogP contribution >= 0.6 is 12.2 Å². The van der Waals surface area contributed by atoms with Crippen LogP contribution in [-0.4, -0.2) is 23.9 Å². The molecule has 3 N–H and O–H groups in total. The van der Waals surface area contributed by atoms with Gasteiger partial charge in [-0.2, -0.15) is 0 Å². The van der Waals surface area contributed by atoms with E-state index in [-0.39, 0.29) is 4.99 Å². The Morgan fingerprint density at radius 3 is 2.53 bits per heavy atom. The summed E-state index contributed by atoms with van der Waals surface area (Å²) in [4.78, 5) is 11.7. The van der Waals surface area contributed by atoms with Gasteiger partial charge in [0.2, 0.25) is 5.91 Å². The fourth-order valence-corrected chi connectivity index (χ4v) is 2.23. The number of nitrogens with two attached hydrogens (primary N) is 1. The van der Waals surface area contributed by atoms with Gasteiger partial charge in [0, 0.05) is 0 Å². The number of alkyl halides is 2. The van der Waals surface area contributed by atoms with E-state index in [9.17, 15) is 13.6 Å². The molecule has 0 spiro atoms. The number of rotatable bonds is 4. The first kappa shape index (κ1) is 12.3. The molecule has 0 bridgehead atoms. The lowest BCUT2D eigenvalue weighted by molar-refractivity contribution is -0.133. The van der Waals surface area contributed by atoms with Crippen LogP contribution in [0.1, 0.15) is 19.8 Å². The predicted octanol–water partition coefficient (Wildman–Crippen LogP) is 1.07. The van der Waals surface area contributed by atoms with Crippen LogP contribution in [0.3, 0.4) is 0 Å². The van der Waals surface area contributed by atoms with Crippen molar-refractivity contribution in [2.24, 2.45) is 17.1 Å². The Morgan fingerprint density at radius 2 is 2.20 bits per heavy atom. The standard InChI is InChI=1S/C9H14F2N2OS/c1-5-2-9(3-5,7(12)15)8(14)13-4-6(10)11/h5-6H,2-4H2,1H3,(H2,12,15)(H,13,14). The van der Waals surface area contributed by atoms with E-state index in [2.05, 4.69) is 5.32 Å². The average molecular weight is 236 g/mol. The Kier molecular flexibility index (Phi) is 3.59. The first-order valence-corrected chi connectivity index (χ1v) is 5.15. The number of halogens is 2. The fourth-order valence-electron chi connectivity index (χ4n) is 1.97. The number of carbonyl (C=O) groups is 1. The number of hydrogen-bond acceptors (Lipinski definition) is 2. The lowest BCUT2D eigenvalue weighted by atomic mass is 9.62. The van der Waals surface area contributed by atoms with Crippen LogP contribution in [-0.2, 0) is 4.79 Å². The summed E-state index contributed by atoms with van der Waals surface area (Å²) in [5, 5.41) is 2.17. The molecule has 0 aromatic rings. The largest absolute Gasteiger partial charge is 0.392 e. The van der Waals surface area contributed by atoms with Crippen LogP contribution in [0.25, 0.3) is 0 Å². The normalized spacial score (nSPS) is 29.7. The third-order valence-corrected chi connectivity index (χ3v) is 3.11. The molecule has 1 saturated carbocycles. The van der Waals surface area contributed by atoms with Crippen molar-refractivity contribution in [3.05, 3.63) is 0 Å². The molecule has 1 fully saturated rings. The van der Waals surface area contributed by atoms with E-state index >= 15 is 0 Å². The second-order valence-corrected chi connectivity index (χ2v) is 4.50. The maximum absolute atomic E-state index is 11.9. The highest BCUT2D eigenvalue weighted by Crippen LogP contribution is 2.45. The lowest BCUT2D eigenvalue weighted by Gasteiger charge is -2.44. The van der Waals surface area contributed by atoms with E-state index in [0.717, 1.165) is 0 Å². The molecule has 0 aromatic carbocycles. The number of nitrogens with one attached hydrogen (secondary N) is 1. The summed E-state index contributed by atoms with van der Waals surface area (Å²) >= 11 is 4.82. The molecular formula is C9H14F2N2OS. The molecule has 6 heteroatoms. The highest BCUT2D eigenvalue weighted by atomic mass is 32.1. The summed E-state index contributed by atoms with van der Waals surface area (Å²) < 4.78 is 23.8. The van der Waals surface area contributed by atoms with Gasteiger partial charge >= 0.3 is 0 Å². The minimum atomic E-state index is -2.55. The third kappa shape index (κ3) is 2.42. The molecule has 1 aliphatic rings. The predicted molar refractivity (Wildman–Crippen MR) is 56.6 cm³/mol. The highest BCUT2D eigenvalue weighted by Gasteiger charge is 2.50. The van der Waals surface area contributed by atoms with Gasteiger partial charge in [0.15, 0.2) is 0 Å². The highest BCUT2D eigenvalue weighted by molar-refractivity contribution is 7.80. The Bertz CT molecular complexity index is 277. The molecule has 1 rings (SSSR count). The minimum absolute atomic E-state index is 0.104. The topological polar surface area (TPSA) is 55.1 Å². The van der Waals surface area contributed by atoms with Crippen LogP contribution in [0.5, 0.6) is 0 Å². The van der Waals surface area contributed by atoms with Crippen molar-refractivity contribution >= 4 is 23.1 Å². The van der Waals surface area contributed by atoms with Crippen molar-refractivity contribution in [1.82, 2.24) is 5.32 Å². The smallest absolute Gasteiger partial charge is 0.255 e. The molecule has 0 aromatic heterocycles. The van der Waals surface area contributed by atoms with Crippen LogP contribution in [0, 0.1) is 11.3 Å². The van der Waals surface area contributed by atoms with Gasteiger partial charge in [-0.1, -0.05) is 19.1 Å². The van der Waals surface area contributed by atoms with Gasteiger partial charge in [-0.05, 0) is 18.8 Å². The van der Waals surface area contributed by atoms with E-state index in [0.29, 0.717) is 18.8 Å². The molecule has 1 amide bonds. The summed E-state index contributed by atoms with van der Waals surface area (Å²) in [5.41, 5.74) is 4.60. The molecule has 0 saturated heterocycles. The van der Waals surface area contributed by atoms with Gasteiger partial charge in [0.1, 0.15) is 0 Å². The van der Waals surface area contributed by atoms with E-state index in [1.54, 1.807) is 0 Å². The second-order valence-electron chi connectivity index (χ2n) is 4.06. The Hall–Kier alpha value is -0.780. The second kappa shape index (κ2) is 4.38. The maximum Gasteiger partial charge on any atom is 0.255 e. The van der Waals surface area contributed by atoms with E-state index in [4.69, 9.17) is 18.0 Å². The average Bonchev–Trinajstić information content (AvgIpc) is 2.07. The number of thiocarbonyl (C=S) groups is 1. The molecular weight excluding hydrogens is 222 g/mol. The monoisotopic (exact) mass is 236 g/mol. The molecule has 15 heavy (non-hydrogen) atoms. The van der Waals surface area contributed by atoms with Gasteiger partial charge in [-0.3, -0.25) is 4.79 Å². The van der Waals surface area contributed by atoms with Crippen LogP contribution < -0.4 is 11.1 Å². The Morgan fingerprint density at radius 1 is 1.67 bits per heavy atom. The van der Waals surface area contributed by atoms with Crippen molar-refractivity contribution in [3.63, 3.8) is 0 Å². The quantitative estimate of drug-likeness (QED) is 0.718. The van der Waals surface area contributed by atoms with Crippen LogP contribution in [0.4, 0.5) is 8.78 Å². The first-order chi connectivity index (χ1) is 6.88. The van der Waals surface area contributed by atoms with Crippen LogP contribution in [0.15, 0.2) is 0 Å². The number of carbonyl (C=O) groups excluding carboxylic acids is 1. The molecule has 3 nitrogen and oxygen atoms in total. The van der Waals surface area contributed by atoms with Crippen LogP contribution in [0.2, 0.25) is 0 Å². The zero-order valence-electron chi connectivity index (χ0n) is 8.43. The molecule has 0 unspecified atom stereocenters. The number of hydrogen-bond donors (Lipinski definition) is 2. The van der Waals surface area contributed by atoms with E-state index < -0.39 is 24.3 Å². The van der Waals surface area contributed by atoms with Gasteiger partial charge in [0.25, 0.3) is 6.43 Å². The lowest BCUT2D eigenvalue weighted by Crippen LogP contribution is -2.56. The summed E-state index contributed by atoms with van der Waals surface area (Å²) in [7, 11) is 0. The van der Waals surface area contributed by atoms with Crippen molar-refractivity contribution in [1.29, 1.82) is 0 Å². The maximum atomic E-state index is 11.9. The first-order valence-electron chi connectivity index (χ1n) is 4.75. The summed E-state index contributed by atoms with van der Waals surface area (Å²) in [6, 6.07) is 0. The Labute approximate surface area is 92.4 Å². The van der Waals surface area contributed by atoms with Crippen molar-refractivity contribution < 1.29 is 13.6 Å². The Balaban J connectivity index is 2.59. The molecule has 0 aliphatic heterocycles. The van der Waals surface area contributed by atoms with Crippen molar-refractivity contribution in [2.45, 2.75) is 26.2 Å². The van der Waals surface area contributed by atoms with Gasteiger partial charge in [0.05, 0.1) is 16.9 Å². The number of amides is 1. The van der Waals surface area contributed by atoms with Crippen molar-refractivity contribution in [3.8, 4) is 0 Å². The third-order valence-electron chi connectivity index (χ3n) is 2.72. The summed E-state index contributed by atoms with van der Waals surface area (Å²) in [6.07, 6.45) is -1.44. The molecule has 1 aliphatic carbocycles. The van der Waals surface area contributed by atoms with E-state index in [1.165, 1.54) is 0 Å². The van der Waals surface area contributed by atoms with Gasteiger partial charge in [-0.25, -0.2) is 8.78 Å². The fraction of sp³-hybridized carbons (Fsp3) is 0.778. The summed E-state index contributed by atoms with van der Waals surface area (Å²) in [5.74, 6) is -0.0998. The SMILES string of the molecule is CC1CC(C(=O)NCC(F)F)(C(N)=S)C1. The van der Waals surface area contributed by atoms with Gasteiger partial charge < -0.3 is 11.1 Å². The van der Waals surface area contributed by atoms with Crippen molar-refractivity contribution in [2.75, 3.05) is 6.54 Å². The zero-order valence-corrected chi connectivity index (χ0v) is 9.24. The summed E-state index contributed by atoms with van der Waals surface area (Å²) in [6.45, 7) is 1.33. The zero-order chi connectivity index (χ0) is 11.6. The minimum Gasteiger partial charge on any atom is -0.392 e. The molecule has 0 heterocycles. The van der Waals surface area contributed by atoms with Gasteiger partial charge in [-0.15, -0.1) is 0 Å².